The van der Waals surface area contributed by atoms with Gasteiger partial charge in [-0.05, 0) is 49.3 Å². The van der Waals surface area contributed by atoms with E-state index >= 15 is 0 Å². The molecule has 0 radical (unpaired) electrons. The quantitative estimate of drug-likeness (QED) is 0.116. The van der Waals surface area contributed by atoms with Gasteiger partial charge in [-0.3, -0.25) is 29.4 Å². The Balaban J connectivity index is 2.05. The molecule has 6 N–H and O–H groups in total. The smallest absolute Gasteiger partial charge is 0.392 e. The number of unbranched alkanes of at least 4 members (excludes halogenated alkanes) is 2. The summed E-state index contributed by atoms with van der Waals surface area (Å²) in [4.78, 5) is 61.9. The molecule has 1 aliphatic heterocycles. The van der Waals surface area contributed by atoms with E-state index < -0.39 is 59.6 Å². The largest absolute Gasteiger partial charge is 0.403 e. The maximum Gasteiger partial charge on any atom is 0.403 e. The molecule has 0 spiro atoms. The van der Waals surface area contributed by atoms with E-state index in [1.807, 2.05) is 0 Å². The van der Waals surface area contributed by atoms with Gasteiger partial charge in [0.15, 0.2) is 5.78 Å². The zero-order valence-corrected chi connectivity index (χ0v) is 25.0. The molecular formula is C30H42F3N5O6. The number of hydrogen-bond acceptors (Lipinski definition) is 7. The molecule has 5 amide bonds. The molecule has 0 saturated heterocycles. The Labute approximate surface area is 254 Å². The predicted molar refractivity (Wildman–Crippen MR) is 157 cm³/mol. The van der Waals surface area contributed by atoms with Gasteiger partial charge in [0, 0.05) is 43.3 Å². The fourth-order valence-corrected chi connectivity index (χ4v) is 4.86. The first-order chi connectivity index (χ1) is 20.7. The van der Waals surface area contributed by atoms with Crippen LogP contribution in [0.5, 0.6) is 0 Å². The molecule has 0 aromatic heterocycles. The zero-order valence-electron chi connectivity index (χ0n) is 25.0. The Morgan fingerprint density at radius 3 is 2.14 bits per heavy atom. The van der Waals surface area contributed by atoms with E-state index in [0.29, 0.717) is 30.5 Å². The average Bonchev–Trinajstić information content (AvgIpc) is 3.27. The van der Waals surface area contributed by atoms with Crippen LogP contribution in [-0.2, 0) is 25.8 Å². The lowest BCUT2D eigenvalue weighted by Crippen LogP contribution is -2.52. The molecule has 1 heterocycles. The number of imide groups is 1. The number of aliphatic hydroxyl groups excluding tert-OH is 1. The molecule has 244 valence electrons. The lowest BCUT2D eigenvalue weighted by Gasteiger charge is -2.30. The number of urea groups is 1. The van der Waals surface area contributed by atoms with Gasteiger partial charge in [-0.1, -0.05) is 38.8 Å². The van der Waals surface area contributed by atoms with Crippen molar-refractivity contribution in [1.29, 1.82) is 0 Å². The van der Waals surface area contributed by atoms with E-state index in [2.05, 4.69) is 16.0 Å². The predicted octanol–water partition coefficient (Wildman–Crippen LogP) is 3.17. The number of benzene rings is 1. The highest BCUT2D eigenvalue weighted by molar-refractivity contribution is 6.12. The van der Waals surface area contributed by atoms with E-state index in [4.69, 9.17) is 5.73 Å². The van der Waals surface area contributed by atoms with Crippen molar-refractivity contribution in [3.05, 3.63) is 42.0 Å². The Morgan fingerprint density at radius 1 is 0.955 bits per heavy atom. The van der Waals surface area contributed by atoms with Gasteiger partial charge in [-0.25, -0.2) is 4.79 Å². The van der Waals surface area contributed by atoms with Crippen molar-refractivity contribution >= 4 is 35.2 Å². The minimum Gasteiger partial charge on any atom is -0.392 e. The Morgan fingerprint density at radius 2 is 1.59 bits per heavy atom. The maximum absolute atomic E-state index is 14.0. The van der Waals surface area contributed by atoms with Crippen LogP contribution in [0.25, 0.3) is 0 Å². The average molecular weight is 626 g/mol. The number of nitrogens with zero attached hydrogens (tertiary/aromatic N) is 1. The summed E-state index contributed by atoms with van der Waals surface area (Å²) >= 11 is 0. The van der Waals surface area contributed by atoms with Crippen LogP contribution in [0.3, 0.4) is 0 Å². The number of halogens is 3. The van der Waals surface area contributed by atoms with Crippen molar-refractivity contribution in [3.63, 3.8) is 0 Å². The number of primary amides is 1. The van der Waals surface area contributed by atoms with E-state index in [1.54, 1.807) is 38.1 Å². The molecule has 1 aromatic carbocycles. The van der Waals surface area contributed by atoms with Crippen molar-refractivity contribution in [1.82, 2.24) is 15.5 Å². The first-order valence-electron chi connectivity index (χ1n) is 14.7. The van der Waals surface area contributed by atoms with E-state index in [9.17, 15) is 42.3 Å². The number of anilines is 1. The summed E-state index contributed by atoms with van der Waals surface area (Å²) in [6, 6.07) is 2.49. The van der Waals surface area contributed by atoms with Crippen LogP contribution >= 0.6 is 0 Å². The van der Waals surface area contributed by atoms with Crippen LogP contribution in [0.2, 0.25) is 0 Å². The Kier molecular flexibility index (Phi) is 14.5. The number of hydrogen-bond donors (Lipinski definition) is 5. The number of Topliss-reactive ketones (excluding diaryl/α,β-unsaturated/α-hetero) is 1. The molecular weight excluding hydrogens is 583 g/mol. The van der Waals surface area contributed by atoms with Crippen molar-refractivity contribution in [2.24, 2.45) is 17.6 Å². The van der Waals surface area contributed by atoms with Gasteiger partial charge in [0.25, 0.3) is 11.8 Å². The van der Waals surface area contributed by atoms with Gasteiger partial charge in [-0.2, -0.15) is 13.2 Å². The normalized spacial score (nSPS) is 15.4. The molecule has 0 unspecified atom stereocenters. The number of alkyl halides is 3. The minimum atomic E-state index is -4.64. The molecule has 0 fully saturated rings. The third kappa shape index (κ3) is 12.1. The van der Waals surface area contributed by atoms with Gasteiger partial charge in [0.2, 0.25) is 5.91 Å². The number of aliphatic hydroxyl groups is 1. The standard InChI is InChI=1S/C30H42F3N5O6/c1-19(2)27(37-24(30(31,32)33)8-4-3-5-16-38-25(41)13-14-26(38)42)23(40)17-21(7-6-15-35-29(34)44)28(43)36-22-11-9-20(18-39)10-12-22/h9-14,19,21,24,27,37,39H,3-8,15-18H2,1-2H3,(H,36,43)(H3,34,35,44)/t21-,24+,27+/m1/s1. The van der Waals surface area contributed by atoms with Crippen LogP contribution in [0.1, 0.15) is 64.4 Å². The number of amides is 5. The van der Waals surface area contributed by atoms with Crippen LogP contribution in [0, 0.1) is 11.8 Å². The Hall–Kier alpha value is -3.78. The third-order valence-corrected chi connectivity index (χ3v) is 7.32. The lowest BCUT2D eigenvalue weighted by atomic mass is 9.88. The lowest BCUT2D eigenvalue weighted by molar-refractivity contribution is -0.161. The molecule has 2 rings (SSSR count). The number of nitrogens with two attached hydrogens (primary N) is 1. The van der Waals surface area contributed by atoms with Crippen LogP contribution in [-0.4, -0.2) is 70.9 Å². The molecule has 3 atom stereocenters. The number of nitrogens with one attached hydrogen (secondary N) is 3. The van der Waals surface area contributed by atoms with E-state index in [1.165, 1.54) is 0 Å². The van der Waals surface area contributed by atoms with Crippen molar-refractivity contribution in [2.45, 2.75) is 83.7 Å². The number of rotatable bonds is 19. The summed E-state index contributed by atoms with van der Waals surface area (Å²) in [5.41, 5.74) is 6.14. The zero-order chi connectivity index (χ0) is 32.9. The molecule has 1 aromatic rings. The third-order valence-electron chi connectivity index (χ3n) is 7.32. The van der Waals surface area contributed by atoms with Gasteiger partial charge >= 0.3 is 12.2 Å². The van der Waals surface area contributed by atoms with Gasteiger partial charge in [-0.15, -0.1) is 0 Å². The van der Waals surface area contributed by atoms with Crippen molar-refractivity contribution in [2.75, 3.05) is 18.4 Å². The molecule has 11 nitrogen and oxygen atoms in total. The van der Waals surface area contributed by atoms with Gasteiger partial charge < -0.3 is 21.5 Å². The molecule has 44 heavy (non-hydrogen) atoms. The highest BCUT2D eigenvalue weighted by Gasteiger charge is 2.42. The second kappa shape index (κ2) is 17.5. The fourth-order valence-electron chi connectivity index (χ4n) is 4.86. The number of carbonyl (C=O) groups is 5. The molecule has 1 aliphatic rings. The monoisotopic (exact) mass is 625 g/mol. The second-order valence-corrected chi connectivity index (χ2v) is 11.1. The number of ketones is 1. The highest BCUT2D eigenvalue weighted by atomic mass is 19.4. The van der Waals surface area contributed by atoms with Crippen LogP contribution < -0.4 is 21.7 Å². The summed E-state index contributed by atoms with van der Waals surface area (Å²) in [7, 11) is 0. The maximum atomic E-state index is 14.0. The van der Waals surface area contributed by atoms with E-state index in [0.717, 1.165) is 17.1 Å². The van der Waals surface area contributed by atoms with Gasteiger partial charge in [0.05, 0.1) is 12.6 Å². The summed E-state index contributed by atoms with van der Waals surface area (Å²) in [6.45, 7) is 3.33. The second-order valence-electron chi connectivity index (χ2n) is 11.1. The van der Waals surface area contributed by atoms with Crippen LogP contribution in [0.4, 0.5) is 23.7 Å². The molecule has 0 saturated carbocycles. The number of carbonyl (C=O) groups excluding carboxylic acids is 5. The van der Waals surface area contributed by atoms with E-state index in [-0.39, 0.29) is 45.4 Å². The van der Waals surface area contributed by atoms with Gasteiger partial charge in [0.1, 0.15) is 6.04 Å². The SMILES string of the molecule is CC(C)[C@H](N[C@@H](CCCCCN1C(=O)C=CC1=O)C(F)(F)F)C(=O)C[C@@H](CCCNC(N)=O)C(=O)Nc1ccc(CO)cc1. The molecule has 14 heteroatoms. The van der Waals surface area contributed by atoms with Crippen molar-refractivity contribution < 1.29 is 42.3 Å². The molecule has 0 bridgehead atoms. The minimum absolute atomic E-state index is 0.117. The summed E-state index contributed by atoms with van der Waals surface area (Å²) in [5.74, 6) is -3.36. The summed E-state index contributed by atoms with van der Waals surface area (Å²) < 4.78 is 42.1. The Bertz CT molecular complexity index is 1150. The molecule has 0 aliphatic carbocycles. The first kappa shape index (κ1) is 36.4. The first-order valence-corrected chi connectivity index (χ1v) is 14.7. The highest BCUT2D eigenvalue weighted by Crippen LogP contribution is 2.27. The van der Waals surface area contributed by atoms with Crippen LogP contribution in [0.15, 0.2) is 36.4 Å². The topological polar surface area (TPSA) is 171 Å². The summed E-state index contributed by atoms with van der Waals surface area (Å²) in [6.07, 6.45) is -1.69. The summed E-state index contributed by atoms with van der Waals surface area (Å²) in [5, 5.41) is 16.8. The fraction of sp³-hybridized carbons (Fsp3) is 0.567. The van der Waals surface area contributed by atoms with Crippen molar-refractivity contribution in [3.8, 4) is 0 Å².